The number of carbonyl (C=O) groups excluding carboxylic acids is 1. The zero-order valence-corrected chi connectivity index (χ0v) is 19.7. The van der Waals surface area contributed by atoms with Gasteiger partial charge in [0.15, 0.2) is 11.5 Å². The molecule has 0 radical (unpaired) electrons. The van der Waals surface area contributed by atoms with Gasteiger partial charge in [-0.1, -0.05) is 22.0 Å². The van der Waals surface area contributed by atoms with Gasteiger partial charge in [0.25, 0.3) is 0 Å². The van der Waals surface area contributed by atoms with Gasteiger partial charge in [-0.3, -0.25) is 0 Å². The van der Waals surface area contributed by atoms with Gasteiger partial charge in [0.2, 0.25) is 5.76 Å². The molecule has 0 unspecified atom stereocenters. The standard InChI is InChI=1S/C26H17BrO7/c1-30-21-7-4-14(11-23(21)31-2)19-10-15-3-6-18(13-22(15)34-25(19)28)32-26(29)24-12-16-9-17(27)5-8-20(16)33-24/h3-13H,1-2H3. The Hall–Kier alpha value is -4.04. The van der Waals surface area contributed by atoms with Gasteiger partial charge >= 0.3 is 11.6 Å². The van der Waals surface area contributed by atoms with Crippen molar-refractivity contribution >= 4 is 43.8 Å². The highest BCUT2D eigenvalue weighted by Crippen LogP contribution is 2.32. The van der Waals surface area contributed by atoms with Gasteiger partial charge in [0, 0.05) is 21.3 Å². The van der Waals surface area contributed by atoms with Crippen molar-refractivity contribution in [1.82, 2.24) is 0 Å². The number of ether oxygens (including phenoxy) is 3. The van der Waals surface area contributed by atoms with Gasteiger partial charge in [-0.2, -0.15) is 0 Å². The van der Waals surface area contributed by atoms with Crippen molar-refractivity contribution in [3.8, 4) is 28.4 Å². The Balaban J connectivity index is 1.44. The third-order valence-electron chi connectivity index (χ3n) is 5.29. The quantitative estimate of drug-likeness (QED) is 0.155. The molecule has 2 heterocycles. The molecule has 2 aromatic heterocycles. The van der Waals surface area contributed by atoms with Gasteiger partial charge in [0.05, 0.1) is 19.8 Å². The van der Waals surface area contributed by atoms with Crippen molar-refractivity contribution < 1.29 is 27.8 Å². The Kier molecular flexibility index (Phi) is 5.59. The molecule has 8 heteroatoms. The zero-order valence-electron chi connectivity index (χ0n) is 18.1. The van der Waals surface area contributed by atoms with E-state index in [1.54, 1.807) is 55.6 Å². The molecule has 5 rings (SSSR count). The van der Waals surface area contributed by atoms with Crippen LogP contribution in [-0.4, -0.2) is 20.2 Å². The Labute approximate surface area is 201 Å². The van der Waals surface area contributed by atoms with Crippen LogP contribution in [0.25, 0.3) is 33.1 Å². The van der Waals surface area contributed by atoms with E-state index in [9.17, 15) is 9.59 Å². The zero-order chi connectivity index (χ0) is 23.8. The number of fused-ring (bicyclic) bond motifs is 2. The van der Waals surface area contributed by atoms with Crippen LogP contribution in [0.1, 0.15) is 10.6 Å². The highest BCUT2D eigenvalue weighted by molar-refractivity contribution is 9.10. The summed E-state index contributed by atoms with van der Waals surface area (Å²) in [6, 6.07) is 18.8. The fourth-order valence-electron chi connectivity index (χ4n) is 3.63. The van der Waals surface area contributed by atoms with Crippen molar-refractivity contribution in [1.29, 1.82) is 0 Å². The lowest BCUT2D eigenvalue weighted by atomic mass is 10.1. The van der Waals surface area contributed by atoms with Crippen molar-refractivity contribution in [2.75, 3.05) is 14.2 Å². The minimum atomic E-state index is -0.657. The Bertz CT molecular complexity index is 1610. The highest BCUT2D eigenvalue weighted by Gasteiger charge is 2.17. The average molecular weight is 521 g/mol. The van der Waals surface area contributed by atoms with Gasteiger partial charge < -0.3 is 23.0 Å². The fraction of sp³-hybridized carbons (Fsp3) is 0.0769. The van der Waals surface area contributed by atoms with Gasteiger partial charge in [0.1, 0.15) is 16.9 Å². The fourth-order valence-corrected chi connectivity index (χ4v) is 4.01. The SMILES string of the molecule is COc1ccc(-c2cc3ccc(OC(=O)c4cc5cc(Br)ccc5o4)cc3oc2=O)cc1OC. The first-order valence-corrected chi connectivity index (χ1v) is 11.0. The van der Waals surface area contributed by atoms with Crippen LogP contribution in [0.4, 0.5) is 0 Å². The Morgan fingerprint density at radius 3 is 2.41 bits per heavy atom. The molecule has 0 aliphatic carbocycles. The monoisotopic (exact) mass is 520 g/mol. The van der Waals surface area contributed by atoms with Crippen LogP contribution < -0.4 is 19.8 Å². The van der Waals surface area contributed by atoms with Crippen molar-refractivity contribution in [3.63, 3.8) is 0 Å². The minimum absolute atomic E-state index is 0.0680. The first-order valence-electron chi connectivity index (χ1n) is 10.2. The summed E-state index contributed by atoms with van der Waals surface area (Å²) in [4.78, 5) is 25.3. The number of carbonyl (C=O) groups is 1. The maximum absolute atomic E-state index is 12.7. The largest absolute Gasteiger partial charge is 0.493 e. The molecule has 0 saturated carbocycles. The van der Waals surface area contributed by atoms with E-state index in [0.717, 1.165) is 9.86 Å². The van der Waals surface area contributed by atoms with Gasteiger partial charge in [-0.15, -0.1) is 0 Å². The van der Waals surface area contributed by atoms with E-state index >= 15 is 0 Å². The number of halogens is 1. The van der Waals surface area contributed by atoms with Crippen LogP contribution in [0.2, 0.25) is 0 Å². The van der Waals surface area contributed by atoms with E-state index in [2.05, 4.69) is 15.9 Å². The molecular weight excluding hydrogens is 504 g/mol. The molecule has 0 aliphatic rings. The molecule has 5 aromatic rings. The van der Waals surface area contributed by atoms with Crippen LogP contribution in [0.5, 0.6) is 17.2 Å². The molecule has 0 fully saturated rings. The summed E-state index contributed by atoms with van der Waals surface area (Å²) in [5, 5.41) is 1.44. The lowest BCUT2D eigenvalue weighted by Gasteiger charge is -2.10. The summed E-state index contributed by atoms with van der Waals surface area (Å²) in [5.74, 6) is 0.690. The minimum Gasteiger partial charge on any atom is -0.493 e. The molecule has 7 nitrogen and oxygen atoms in total. The Morgan fingerprint density at radius 1 is 0.794 bits per heavy atom. The smallest absolute Gasteiger partial charge is 0.379 e. The van der Waals surface area contributed by atoms with Crippen molar-refractivity contribution in [3.05, 3.63) is 87.4 Å². The third-order valence-corrected chi connectivity index (χ3v) is 5.79. The highest BCUT2D eigenvalue weighted by atomic mass is 79.9. The predicted octanol–water partition coefficient (Wildman–Crippen LogP) is 6.21. The van der Waals surface area contributed by atoms with Crippen LogP contribution in [-0.2, 0) is 0 Å². The van der Waals surface area contributed by atoms with E-state index in [0.29, 0.717) is 33.6 Å². The third kappa shape index (κ3) is 4.04. The first-order chi connectivity index (χ1) is 16.4. The number of methoxy groups -OCH3 is 2. The van der Waals surface area contributed by atoms with Crippen LogP contribution in [0, 0.1) is 0 Å². The maximum Gasteiger partial charge on any atom is 0.379 e. The summed E-state index contributed by atoms with van der Waals surface area (Å²) in [5.41, 5.74) is 1.31. The van der Waals surface area contributed by atoms with E-state index in [-0.39, 0.29) is 17.1 Å². The second kappa shape index (κ2) is 8.72. The number of rotatable bonds is 5. The van der Waals surface area contributed by atoms with Crippen LogP contribution in [0.15, 0.2) is 84.8 Å². The summed E-state index contributed by atoms with van der Waals surface area (Å²) >= 11 is 3.39. The molecule has 34 heavy (non-hydrogen) atoms. The first kappa shape index (κ1) is 21.8. The second-order valence-corrected chi connectivity index (χ2v) is 8.31. The van der Waals surface area contributed by atoms with Crippen LogP contribution in [0.3, 0.4) is 0 Å². The van der Waals surface area contributed by atoms with Gasteiger partial charge in [-0.05, 0) is 60.2 Å². The molecule has 0 amide bonds. The number of hydrogen-bond donors (Lipinski definition) is 0. The average Bonchev–Trinajstić information content (AvgIpc) is 3.26. The number of benzene rings is 3. The van der Waals surface area contributed by atoms with Crippen LogP contribution >= 0.6 is 15.9 Å². The number of esters is 1. The summed E-state index contributed by atoms with van der Waals surface area (Å²) < 4.78 is 28.0. The van der Waals surface area contributed by atoms with E-state index in [1.165, 1.54) is 13.2 Å². The van der Waals surface area contributed by atoms with E-state index in [1.807, 2.05) is 12.1 Å². The molecular formula is C26H17BrO7. The van der Waals surface area contributed by atoms with E-state index < -0.39 is 11.6 Å². The normalized spacial score (nSPS) is 11.0. The molecule has 0 aliphatic heterocycles. The van der Waals surface area contributed by atoms with Gasteiger partial charge in [-0.25, -0.2) is 9.59 Å². The topological polar surface area (TPSA) is 88.1 Å². The molecule has 170 valence electrons. The Morgan fingerprint density at radius 2 is 1.62 bits per heavy atom. The second-order valence-electron chi connectivity index (χ2n) is 7.40. The summed E-state index contributed by atoms with van der Waals surface area (Å²) in [6.07, 6.45) is 0. The molecule has 0 spiro atoms. The number of furan rings is 1. The maximum atomic E-state index is 12.7. The number of hydrogen-bond acceptors (Lipinski definition) is 7. The molecule has 0 bridgehead atoms. The molecule has 0 N–H and O–H groups in total. The lowest BCUT2D eigenvalue weighted by molar-refractivity contribution is 0.0704. The molecule has 0 atom stereocenters. The molecule has 3 aromatic carbocycles. The lowest BCUT2D eigenvalue weighted by Crippen LogP contribution is -2.07. The van der Waals surface area contributed by atoms with Crippen molar-refractivity contribution in [2.45, 2.75) is 0 Å². The predicted molar refractivity (Wildman–Crippen MR) is 130 cm³/mol. The summed E-state index contributed by atoms with van der Waals surface area (Å²) in [7, 11) is 3.07. The molecule has 0 saturated heterocycles. The van der Waals surface area contributed by atoms with Crippen molar-refractivity contribution in [2.24, 2.45) is 0 Å². The van der Waals surface area contributed by atoms with E-state index in [4.69, 9.17) is 23.0 Å². The summed E-state index contributed by atoms with van der Waals surface area (Å²) in [6.45, 7) is 0.